The summed E-state index contributed by atoms with van der Waals surface area (Å²) in [5.74, 6) is -0.830. The molecule has 2 aliphatic heterocycles. The molecule has 170 valence electrons. The summed E-state index contributed by atoms with van der Waals surface area (Å²) in [5, 5.41) is 2.79. The monoisotopic (exact) mass is 434 g/mol. The van der Waals surface area contributed by atoms with E-state index in [1.54, 1.807) is 31.7 Å². The number of hydrogen-bond acceptors (Lipinski definition) is 5. The Bertz CT molecular complexity index is 852. The number of carbonyl (C=O) groups is 2. The van der Waals surface area contributed by atoms with Gasteiger partial charge in [-0.2, -0.15) is 0 Å². The second kappa shape index (κ2) is 8.09. The number of nitrogens with one attached hydrogen (secondary N) is 1. The van der Waals surface area contributed by atoms with Gasteiger partial charge in [0.1, 0.15) is 11.4 Å². The van der Waals surface area contributed by atoms with Crippen molar-refractivity contribution >= 4 is 24.6 Å². The van der Waals surface area contributed by atoms with Crippen molar-refractivity contribution in [2.75, 3.05) is 13.1 Å². The third-order valence-electron chi connectivity index (χ3n) is 5.89. The fraction of sp³-hybridized carbons (Fsp3) is 0.636. The second-order valence-corrected chi connectivity index (χ2v) is 10.2. The molecule has 0 aliphatic carbocycles. The minimum Gasteiger partial charge on any atom is -0.444 e. The fourth-order valence-electron chi connectivity index (χ4n) is 3.57. The molecule has 0 radical (unpaired) electrons. The van der Waals surface area contributed by atoms with Crippen molar-refractivity contribution in [3.63, 3.8) is 0 Å². The smallest absolute Gasteiger partial charge is 0.444 e. The van der Waals surface area contributed by atoms with Gasteiger partial charge in [-0.15, -0.1) is 0 Å². The van der Waals surface area contributed by atoms with Gasteiger partial charge in [-0.25, -0.2) is 9.18 Å². The van der Waals surface area contributed by atoms with Gasteiger partial charge in [-0.05, 0) is 78.5 Å². The molecule has 1 aromatic rings. The largest absolute Gasteiger partial charge is 0.494 e. The lowest BCUT2D eigenvalue weighted by Crippen LogP contribution is -2.41. The van der Waals surface area contributed by atoms with Crippen molar-refractivity contribution in [2.45, 2.75) is 77.7 Å². The summed E-state index contributed by atoms with van der Waals surface area (Å²) in [6.45, 7) is 13.8. The summed E-state index contributed by atoms with van der Waals surface area (Å²) in [6.07, 6.45) is 0.0882. The Morgan fingerprint density at radius 1 is 1.16 bits per heavy atom. The normalized spacial score (nSPS) is 22.5. The van der Waals surface area contributed by atoms with Crippen LogP contribution in [0.3, 0.4) is 0 Å². The zero-order chi connectivity index (χ0) is 23.2. The summed E-state index contributed by atoms with van der Waals surface area (Å²) in [7, 11) is -0.757. The predicted octanol–water partition coefficient (Wildman–Crippen LogP) is 2.86. The van der Waals surface area contributed by atoms with Crippen LogP contribution in [-0.2, 0) is 14.0 Å². The highest BCUT2D eigenvalue weighted by Gasteiger charge is 2.52. The summed E-state index contributed by atoms with van der Waals surface area (Å²) in [4.78, 5) is 26.6. The molecule has 1 N–H and O–H groups in total. The number of rotatable bonds is 3. The van der Waals surface area contributed by atoms with E-state index < -0.39 is 35.8 Å². The second-order valence-electron chi connectivity index (χ2n) is 10.2. The first-order valence-electron chi connectivity index (χ1n) is 10.6. The molecular formula is C22H32BFN2O5. The van der Waals surface area contributed by atoms with Crippen LogP contribution in [0.15, 0.2) is 18.2 Å². The first kappa shape index (κ1) is 23.5. The van der Waals surface area contributed by atoms with Crippen LogP contribution in [0.25, 0.3) is 0 Å². The molecule has 0 saturated carbocycles. The fourth-order valence-corrected chi connectivity index (χ4v) is 3.57. The minimum absolute atomic E-state index is 0.213. The van der Waals surface area contributed by atoms with E-state index in [-0.39, 0.29) is 17.5 Å². The van der Waals surface area contributed by atoms with Crippen LogP contribution in [0.5, 0.6) is 0 Å². The molecule has 0 aromatic heterocycles. The van der Waals surface area contributed by atoms with Gasteiger partial charge in [0.15, 0.2) is 0 Å². The van der Waals surface area contributed by atoms with Crippen LogP contribution < -0.4 is 10.8 Å². The first-order valence-corrected chi connectivity index (χ1v) is 10.6. The Kier molecular flexibility index (Phi) is 6.14. The maximum Gasteiger partial charge on any atom is 0.494 e. The third kappa shape index (κ3) is 5.38. The lowest BCUT2D eigenvalue weighted by Gasteiger charge is -2.32. The quantitative estimate of drug-likeness (QED) is 0.741. The van der Waals surface area contributed by atoms with Crippen LogP contribution >= 0.6 is 0 Å². The van der Waals surface area contributed by atoms with E-state index in [9.17, 15) is 14.0 Å². The zero-order valence-corrected chi connectivity index (χ0v) is 19.4. The van der Waals surface area contributed by atoms with E-state index in [1.165, 1.54) is 12.1 Å². The number of alkyl carbamates (subject to hydrolysis) is 1. The number of ether oxygens (including phenoxy) is 1. The number of halogens is 1. The van der Waals surface area contributed by atoms with Gasteiger partial charge in [-0.3, -0.25) is 4.79 Å². The highest BCUT2D eigenvalue weighted by molar-refractivity contribution is 6.62. The number of carbonyl (C=O) groups excluding carboxylic acids is 2. The Hall–Kier alpha value is -2.13. The SMILES string of the molecule is CC(C)(C)OC(=O)N[C@@H]1CCN(C(=O)c2cc(F)cc(B3OC(C)(C)C(C)(C)O3)c2)C1. The molecule has 9 heteroatoms. The van der Waals surface area contributed by atoms with Gasteiger partial charge in [0.25, 0.3) is 5.91 Å². The molecule has 2 heterocycles. The van der Waals surface area contributed by atoms with Gasteiger partial charge in [-0.1, -0.05) is 0 Å². The predicted molar refractivity (Wildman–Crippen MR) is 116 cm³/mol. The molecule has 0 spiro atoms. The average molecular weight is 434 g/mol. The number of amides is 2. The van der Waals surface area contributed by atoms with Crippen molar-refractivity contribution in [2.24, 2.45) is 0 Å². The first-order chi connectivity index (χ1) is 14.2. The number of benzene rings is 1. The van der Waals surface area contributed by atoms with Crippen LogP contribution in [0.2, 0.25) is 0 Å². The summed E-state index contributed by atoms with van der Waals surface area (Å²) in [6, 6.07) is 3.94. The molecule has 31 heavy (non-hydrogen) atoms. The molecule has 0 bridgehead atoms. The molecule has 2 amide bonds. The van der Waals surface area contributed by atoms with Crippen molar-refractivity contribution in [1.82, 2.24) is 10.2 Å². The standard InChI is InChI=1S/C22H32BFN2O5/c1-20(2,3)29-19(28)25-17-8-9-26(13-17)18(27)14-10-15(12-16(24)11-14)23-30-21(4,5)22(6,7)31-23/h10-12,17H,8-9,13H2,1-7H3,(H,25,28)/t17-/m1/s1. The third-order valence-corrected chi connectivity index (χ3v) is 5.89. The molecule has 2 saturated heterocycles. The molecular weight excluding hydrogens is 402 g/mol. The maximum absolute atomic E-state index is 14.4. The topological polar surface area (TPSA) is 77.1 Å². The number of hydrogen-bond donors (Lipinski definition) is 1. The highest BCUT2D eigenvalue weighted by atomic mass is 19.1. The summed E-state index contributed by atoms with van der Waals surface area (Å²) < 4.78 is 31.6. The van der Waals surface area contributed by atoms with E-state index in [0.29, 0.717) is 25.0 Å². The van der Waals surface area contributed by atoms with E-state index in [0.717, 1.165) is 0 Å². The van der Waals surface area contributed by atoms with E-state index in [1.807, 2.05) is 27.7 Å². The lowest BCUT2D eigenvalue weighted by atomic mass is 9.78. The van der Waals surface area contributed by atoms with Gasteiger partial charge < -0.3 is 24.3 Å². The molecule has 1 atom stereocenters. The Labute approximate surface area is 183 Å². The number of nitrogens with zero attached hydrogens (tertiary/aromatic N) is 1. The Balaban J connectivity index is 1.68. The highest BCUT2D eigenvalue weighted by Crippen LogP contribution is 2.36. The molecule has 2 aliphatic rings. The lowest BCUT2D eigenvalue weighted by molar-refractivity contribution is 0.00578. The maximum atomic E-state index is 14.4. The van der Waals surface area contributed by atoms with Gasteiger partial charge in [0.05, 0.1) is 17.2 Å². The van der Waals surface area contributed by atoms with Crippen LogP contribution in [0.4, 0.5) is 9.18 Å². The van der Waals surface area contributed by atoms with Crippen LogP contribution in [0.1, 0.15) is 65.2 Å². The van der Waals surface area contributed by atoms with Gasteiger partial charge in [0, 0.05) is 18.7 Å². The molecule has 7 nitrogen and oxygen atoms in total. The molecule has 0 unspecified atom stereocenters. The van der Waals surface area contributed by atoms with Gasteiger partial charge in [0.2, 0.25) is 0 Å². The van der Waals surface area contributed by atoms with Gasteiger partial charge >= 0.3 is 13.2 Å². The summed E-state index contributed by atoms with van der Waals surface area (Å²) in [5.41, 5.74) is -1.04. The Morgan fingerprint density at radius 2 is 1.77 bits per heavy atom. The molecule has 1 aromatic carbocycles. The van der Waals surface area contributed by atoms with Crippen molar-refractivity contribution in [3.05, 3.63) is 29.6 Å². The van der Waals surface area contributed by atoms with Crippen LogP contribution in [-0.4, -0.2) is 60.0 Å². The van der Waals surface area contributed by atoms with Crippen molar-refractivity contribution < 1.29 is 28.0 Å². The number of likely N-dealkylation sites (tertiary alicyclic amines) is 1. The van der Waals surface area contributed by atoms with E-state index in [4.69, 9.17) is 14.0 Å². The van der Waals surface area contributed by atoms with E-state index in [2.05, 4.69) is 5.32 Å². The van der Waals surface area contributed by atoms with Crippen LogP contribution in [0, 0.1) is 5.82 Å². The summed E-state index contributed by atoms with van der Waals surface area (Å²) >= 11 is 0. The van der Waals surface area contributed by atoms with Crippen molar-refractivity contribution in [1.29, 1.82) is 0 Å². The van der Waals surface area contributed by atoms with Crippen molar-refractivity contribution in [3.8, 4) is 0 Å². The van der Waals surface area contributed by atoms with E-state index >= 15 is 0 Å². The molecule has 2 fully saturated rings. The minimum atomic E-state index is -0.757. The molecule has 3 rings (SSSR count). The average Bonchev–Trinajstić information content (AvgIpc) is 3.13. The Morgan fingerprint density at radius 3 is 2.35 bits per heavy atom. The zero-order valence-electron chi connectivity index (χ0n) is 19.4.